The standard InChI is InChI=1S/C18H17F3N4S/c1-12(10-14-4-3-9-26-14)25(2)16-11-15(18(19,20)21)23-17(24-16)13-5-7-22-8-6-13/h3-9,11-12H,10H2,1-2H3. The number of anilines is 1. The van der Waals surface area contributed by atoms with Crippen molar-refractivity contribution in [1.29, 1.82) is 0 Å². The largest absolute Gasteiger partial charge is 0.433 e. The van der Waals surface area contributed by atoms with Crippen molar-refractivity contribution < 1.29 is 13.2 Å². The van der Waals surface area contributed by atoms with Crippen molar-refractivity contribution in [3.05, 3.63) is 58.7 Å². The molecule has 0 aliphatic carbocycles. The monoisotopic (exact) mass is 378 g/mol. The molecule has 3 aromatic rings. The number of alkyl halides is 3. The maximum absolute atomic E-state index is 13.3. The van der Waals surface area contributed by atoms with Crippen molar-refractivity contribution in [2.75, 3.05) is 11.9 Å². The minimum absolute atomic E-state index is 0.0186. The highest BCUT2D eigenvalue weighted by atomic mass is 32.1. The molecule has 0 spiro atoms. The van der Waals surface area contributed by atoms with Crippen LogP contribution in [-0.2, 0) is 12.6 Å². The second kappa shape index (κ2) is 7.41. The van der Waals surface area contributed by atoms with E-state index in [2.05, 4.69) is 15.0 Å². The number of rotatable bonds is 5. The Morgan fingerprint density at radius 2 is 1.88 bits per heavy atom. The molecule has 8 heteroatoms. The number of halogens is 3. The van der Waals surface area contributed by atoms with Crippen LogP contribution in [0.1, 0.15) is 17.5 Å². The van der Waals surface area contributed by atoms with Crippen LogP contribution in [0.25, 0.3) is 11.4 Å². The predicted molar refractivity (Wildman–Crippen MR) is 96.2 cm³/mol. The van der Waals surface area contributed by atoms with E-state index in [9.17, 15) is 13.2 Å². The molecule has 136 valence electrons. The Bertz CT molecular complexity index is 851. The van der Waals surface area contributed by atoms with Gasteiger partial charge in [-0.25, -0.2) is 9.97 Å². The van der Waals surface area contributed by atoms with Crippen LogP contribution in [0.5, 0.6) is 0 Å². The summed E-state index contributed by atoms with van der Waals surface area (Å²) < 4.78 is 39.9. The molecule has 0 amide bonds. The summed E-state index contributed by atoms with van der Waals surface area (Å²) in [5.74, 6) is 0.274. The van der Waals surface area contributed by atoms with E-state index in [1.165, 1.54) is 17.3 Å². The summed E-state index contributed by atoms with van der Waals surface area (Å²) in [5, 5.41) is 1.98. The average Bonchev–Trinajstić information content (AvgIpc) is 3.13. The SMILES string of the molecule is CC(Cc1cccs1)N(C)c1cc(C(F)(F)F)nc(-c2ccncc2)n1. The van der Waals surface area contributed by atoms with Crippen molar-refractivity contribution in [3.63, 3.8) is 0 Å². The molecule has 0 aromatic carbocycles. The third-order valence-corrected chi connectivity index (χ3v) is 4.94. The number of nitrogens with zero attached hydrogens (tertiary/aromatic N) is 4. The van der Waals surface area contributed by atoms with E-state index in [0.717, 1.165) is 12.5 Å². The molecule has 1 unspecified atom stereocenters. The number of likely N-dealkylation sites (N-methyl/N-ethyl adjacent to an activating group) is 1. The molecule has 0 N–H and O–H groups in total. The molecular weight excluding hydrogens is 361 g/mol. The third-order valence-electron chi connectivity index (χ3n) is 4.04. The smallest absolute Gasteiger partial charge is 0.356 e. The van der Waals surface area contributed by atoms with E-state index in [1.807, 2.05) is 24.4 Å². The van der Waals surface area contributed by atoms with Gasteiger partial charge in [0.1, 0.15) is 5.82 Å². The van der Waals surface area contributed by atoms with E-state index < -0.39 is 11.9 Å². The van der Waals surface area contributed by atoms with Crippen molar-refractivity contribution in [2.45, 2.75) is 25.6 Å². The second-order valence-electron chi connectivity index (χ2n) is 5.91. The molecule has 3 aromatic heterocycles. The number of hydrogen-bond donors (Lipinski definition) is 0. The lowest BCUT2D eigenvalue weighted by Crippen LogP contribution is -2.31. The van der Waals surface area contributed by atoms with Crippen LogP contribution in [0, 0.1) is 0 Å². The maximum atomic E-state index is 13.3. The Morgan fingerprint density at radius 3 is 2.50 bits per heavy atom. The summed E-state index contributed by atoms with van der Waals surface area (Å²) in [5.41, 5.74) is -0.462. The van der Waals surface area contributed by atoms with Crippen LogP contribution in [0.2, 0.25) is 0 Å². The molecule has 1 atom stereocenters. The van der Waals surface area contributed by atoms with Gasteiger partial charge in [0.15, 0.2) is 11.5 Å². The summed E-state index contributed by atoms with van der Waals surface area (Å²) in [6, 6.07) is 8.13. The normalized spacial score (nSPS) is 12.8. The zero-order valence-corrected chi connectivity index (χ0v) is 15.1. The number of aromatic nitrogens is 3. The third kappa shape index (κ3) is 4.19. The Hall–Kier alpha value is -2.48. The van der Waals surface area contributed by atoms with Gasteiger partial charge in [0.05, 0.1) is 0 Å². The lowest BCUT2D eigenvalue weighted by Gasteiger charge is -2.26. The predicted octanol–water partition coefficient (Wildman–Crippen LogP) is 4.69. The van der Waals surface area contributed by atoms with Crippen molar-refractivity contribution in [3.8, 4) is 11.4 Å². The number of pyridine rings is 1. The highest BCUT2D eigenvalue weighted by molar-refractivity contribution is 7.09. The highest BCUT2D eigenvalue weighted by Crippen LogP contribution is 2.32. The molecule has 3 heterocycles. The fraction of sp³-hybridized carbons (Fsp3) is 0.278. The highest BCUT2D eigenvalue weighted by Gasteiger charge is 2.34. The molecule has 0 aliphatic rings. The van der Waals surface area contributed by atoms with Crippen LogP contribution >= 0.6 is 11.3 Å². The second-order valence-corrected chi connectivity index (χ2v) is 6.94. The van der Waals surface area contributed by atoms with Gasteiger partial charge in [-0.05, 0) is 30.5 Å². The molecule has 3 rings (SSSR count). The van der Waals surface area contributed by atoms with Gasteiger partial charge in [-0.1, -0.05) is 6.07 Å². The lowest BCUT2D eigenvalue weighted by atomic mass is 10.2. The van der Waals surface area contributed by atoms with Gasteiger partial charge in [0.25, 0.3) is 0 Å². The number of thiophene rings is 1. The van der Waals surface area contributed by atoms with Gasteiger partial charge in [-0.15, -0.1) is 11.3 Å². The van der Waals surface area contributed by atoms with Crippen LogP contribution in [0.4, 0.5) is 19.0 Å². The molecule has 0 radical (unpaired) electrons. The van der Waals surface area contributed by atoms with Gasteiger partial charge in [0.2, 0.25) is 0 Å². The molecule has 0 saturated carbocycles. The fourth-order valence-electron chi connectivity index (χ4n) is 2.47. The van der Waals surface area contributed by atoms with Gasteiger partial charge in [0, 0.05) is 48.4 Å². The summed E-state index contributed by atoms with van der Waals surface area (Å²) in [4.78, 5) is 14.9. The first-order chi connectivity index (χ1) is 12.3. The number of hydrogen-bond acceptors (Lipinski definition) is 5. The summed E-state index contributed by atoms with van der Waals surface area (Å²) in [7, 11) is 1.75. The molecule has 4 nitrogen and oxygen atoms in total. The first kappa shape index (κ1) is 18.3. The molecule has 0 aliphatic heterocycles. The zero-order valence-electron chi connectivity index (χ0n) is 14.2. The van der Waals surface area contributed by atoms with E-state index >= 15 is 0 Å². The topological polar surface area (TPSA) is 41.9 Å². The van der Waals surface area contributed by atoms with Crippen LogP contribution in [-0.4, -0.2) is 28.0 Å². The quantitative estimate of drug-likeness (QED) is 0.646. The van der Waals surface area contributed by atoms with Crippen molar-refractivity contribution in [1.82, 2.24) is 15.0 Å². The molecule has 0 saturated heterocycles. The van der Waals surface area contributed by atoms with Gasteiger partial charge >= 0.3 is 6.18 Å². The summed E-state index contributed by atoms with van der Waals surface area (Å²) >= 11 is 1.62. The van der Waals surface area contributed by atoms with Crippen molar-refractivity contribution in [2.24, 2.45) is 0 Å². The minimum Gasteiger partial charge on any atom is -0.356 e. The Balaban J connectivity index is 1.97. The van der Waals surface area contributed by atoms with Gasteiger partial charge < -0.3 is 4.90 Å². The first-order valence-corrected chi connectivity index (χ1v) is 8.84. The summed E-state index contributed by atoms with van der Waals surface area (Å²) in [6.45, 7) is 1.96. The zero-order chi connectivity index (χ0) is 18.7. The molecule has 26 heavy (non-hydrogen) atoms. The Labute approximate surface area is 153 Å². The van der Waals surface area contributed by atoms with Crippen LogP contribution in [0.3, 0.4) is 0 Å². The van der Waals surface area contributed by atoms with Crippen LogP contribution in [0.15, 0.2) is 48.1 Å². The van der Waals surface area contributed by atoms with E-state index in [0.29, 0.717) is 5.56 Å². The average molecular weight is 378 g/mol. The molecular formula is C18H17F3N4S. The first-order valence-electron chi connectivity index (χ1n) is 7.96. The fourth-order valence-corrected chi connectivity index (χ4v) is 3.30. The Morgan fingerprint density at radius 1 is 1.15 bits per heavy atom. The van der Waals surface area contributed by atoms with E-state index in [4.69, 9.17) is 0 Å². The lowest BCUT2D eigenvalue weighted by molar-refractivity contribution is -0.141. The molecule has 0 bridgehead atoms. The van der Waals surface area contributed by atoms with E-state index in [1.54, 1.807) is 35.4 Å². The minimum atomic E-state index is -4.54. The van der Waals surface area contributed by atoms with Crippen molar-refractivity contribution >= 4 is 17.2 Å². The van der Waals surface area contributed by atoms with Crippen LogP contribution < -0.4 is 4.90 Å². The van der Waals surface area contributed by atoms with E-state index in [-0.39, 0.29) is 17.7 Å². The maximum Gasteiger partial charge on any atom is 0.433 e. The van der Waals surface area contributed by atoms with Gasteiger partial charge in [-0.2, -0.15) is 13.2 Å². The summed E-state index contributed by atoms with van der Waals surface area (Å²) in [6.07, 6.45) is -0.815. The molecule has 0 fully saturated rings. The van der Waals surface area contributed by atoms with Gasteiger partial charge in [-0.3, -0.25) is 4.98 Å². The Kier molecular flexibility index (Phi) is 5.22.